The summed E-state index contributed by atoms with van der Waals surface area (Å²) in [5.74, 6) is -1.69. The van der Waals surface area contributed by atoms with Gasteiger partial charge in [0.25, 0.3) is 0 Å². The molecule has 0 radical (unpaired) electrons. The van der Waals surface area contributed by atoms with Crippen LogP contribution in [0.15, 0.2) is 0 Å². The van der Waals surface area contributed by atoms with Crippen LogP contribution in [-0.4, -0.2) is 22.9 Å². The van der Waals surface area contributed by atoms with Crippen molar-refractivity contribution in [1.29, 1.82) is 0 Å². The highest BCUT2D eigenvalue weighted by atomic mass is 35.6. The zero-order valence-electron chi connectivity index (χ0n) is 8.56. The summed E-state index contributed by atoms with van der Waals surface area (Å²) in [7, 11) is 0. The van der Waals surface area contributed by atoms with E-state index in [0.29, 0.717) is 0 Å². The highest BCUT2D eigenvalue weighted by molar-refractivity contribution is 6.66. The second-order valence-electron chi connectivity index (χ2n) is 2.82. The Labute approximate surface area is 139 Å². The van der Waals surface area contributed by atoms with Crippen molar-refractivity contribution >= 4 is 69.6 Å². The minimum Gasteiger partial charge on any atom is -0.412 e. The smallest absolute Gasteiger partial charge is 0.412 e. The maximum absolute atomic E-state index is 12.6. The highest BCUT2D eigenvalue weighted by Gasteiger charge is 2.38. The molecule has 1 rings (SSSR count). The van der Waals surface area contributed by atoms with Crippen molar-refractivity contribution in [3.05, 3.63) is 5.82 Å². The van der Waals surface area contributed by atoms with Gasteiger partial charge in [0.2, 0.25) is 5.82 Å². The van der Waals surface area contributed by atoms with E-state index in [4.69, 9.17) is 69.6 Å². The van der Waals surface area contributed by atoms with E-state index < -0.39 is 32.0 Å². The number of halogens is 9. The van der Waals surface area contributed by atoms with E-state index in [1.54, 1.807) is 0 Å². The van der Waals surface area contributed by atoms with Gasteiger partial charge in [-0.15, -0.1) is 4.98 Å². The molecule has 1 aromatic rings. The van der Waals surface area contributed by atoms with E-state index in [9.17, 15) is 13.2 Å². The molecule has 114 valence electrons. The Bertz CT molecular complexity index is 454. The topological polar surface area (TPSA) is 57.1 Å². The molecule has 0 aromatic carbocycles. The predicted octanol–water partition coefficient (Wildman–Crippen LogP) is 4.30. The molecule has 0 spiro atoms. The summed E-state index contributed by atoms with van der Waals surface area (Å²) in [4.78, 5) is 9.02. The second kappa shape index (κ2) is 6.10. The van der Waals surface area contributed by atoms with E-state index in [2.05, 4.69) is 24.4 Å². The number of hydrogen-bond acceptors (Lipinski definition) is 5. The SMILES string of the molecule is FC(F)(F)c1nc(OC(Cl)(Cl)Cl)nc(OC(Cl)(Cl)Cl)n1. The lowest BCUT2D eigenvalue weighted by molar-refractivity contribution is -0.145. The van der Waals surface area contributed by atoms with Crippen LogP contribution in [0.5, 0.6) is 12.0 Å². The lowest BCUT2D eigenvalue weighted by Gasteiger charge is -2.16. The predicted molar refractivity (Wildman–Crippen MR) is 66.7 cm³/mol. The van der Waals surface area contributed by atoms with E-state index in [1.807, 2.05) is 0 Å². The average Bonchev–Trinajstić information content (AvgIpc) is 2.09. The molecule has 0 saturated carbocycles. The zero-order valence-corrected chi connectivity index (χ0v) is 13.1. The van der Waals surface area contributed by atoms with Crippen LogP contribution >= 0.6 is 69.6 Å². The number of rotatable bonds is 2. The first-order chi connectivity index (χ1) is 8.76. The summed E-state index contributed by atoms with van der Waals surface area (Å²) in [5.41, 5.74) is 0. The number of nitrogens with zero attached hydrogens (tertiary/aromatic N) is 3. The first-order valence-corrected chi connectivity index (χ1v) is 6.38. The summed E-state index contributed by atoms with van der Waals surface area (Å²) in [5, 5.41) is 0. The van der Waals surface area contributed by atoms with Gasteiger partial charge >= 0.3 is 26.2 Å². The molecule has 0 unspecified atom stereocenters. The van der Waals surface area contributed by atoms with Crippen molar-refractivity contribution in [1.82, 2.24) is 15.0 Å². The third kappa shape index (κ3) is 6.73. The molecule has 1 heterocycles. The first kappa shape index (κ1) is 18.2. The fourth-order valence-corrected chi connectivity index (χ4v) is 1.18. The molecule has 0 aliphatic carbocycles. The molecular weight excluding hydrogens is 416 g/mol. The van der Waals surface area contributed by atoms with Gasteiger partial charge in [0.15, 0.2) is 0 Å². The molecule has 0 amide bonds. The van der Waals surface area contributed by atoms with Crippen molar-refractivity contribution in [2.75, 3.05) is 0 Å². The number of aromatic nitrogens is 3. The fourth-order valence-electron chi connectivity index (χ4n) is 0.763. The second-order valence-corrected chi connectivity index (χ2v) is 7.17. The molecule has 0 saturated heterocycles. The molecule has 5 nitrogen and oxygen atoms in total. The Morgan fingerprint density at radius 1 is 0.700 bits per heavy atom. The lowest BCUT2D eigenvalue weighted by Crippen LogP contribution is -2.21. The maximum Gasteiger partial charge on any atom is 0.451 e. The molecule has 14 heteroatoms. The Morgan fingerprint density at radius 3 is 1.30 bits per heavy atom. The number of ether oxygens (including phenoxy) is 2. The van der Waals surface area contributed by atoms with Gasteiger partial charge in [0, 0.05) is 0 Å². The molecule has 0 fully saturated rings. The molecule has 1 aromatic heterocycles. The Balaban J connectivity index is 3.22. The fraction of sp³-hybridized carbons (Fsp3) is 0.500. The minimum absolute atomic E-state index is 0.989. The van der Waals surface area contributed by atoms with Crippen molar-refractivity contribution in [2.24, 2.45) is 0 Å². The van der Waals surface area contributed by atoms with Gasteiger partial charge in [-0.1, -0.05) is 0 Å². The number of hydrogen-bond donors (Lipinski definition) is 0. The average molecular weight is 416 g/mol. The quantitative estimate of drug-likeness (QED) is 0.674. The standard InChI is InChI=1S/C6Cl6F3N3O2/c7-5(8,9)19-2-16-1(4(13,14)15)17-3(18-2)20-6(10,11)12. The molecule has 0 atom stereocenters. The third-order valence-electron chi connectivity index (χ3n) is 1.26. The normalized spacial score (nSPS) is 13.2. The Kier molecular flexibility index (Phi) is 5.55. The first-order valence-electron chi connectivity index (χ1n) is 4.11. The van der Waals surface area contributed by atoms with E-state index in [1.165, 1.54) is 0 Å². The third-order valence-corrected chi connectivity index (χ3v) is 1.72. The molecule has 0 N–H and O–H groups in total. The maximum atomic E-state index is 12.6. The minimum atomic E-state index is -4.96. The van der Waals surface area contributed by atoms with Crippen LogP contribution < -0.4 is 9.47 Å². The monoisotopic (exact) mass is 413 g/mol. The molecule has 20 heavy (non-hydrogen) atoms. The van der Waals surface area contributed by atoms with Gasteiger partial charge in [0.05, 0.1) is 0 Å². The van der Waals surface area contributed by atoms with Crippen LogP contribution in [0.4, 0.5) is 13.2 Å². The molecule has 0 aliphatic rings. The van der Waals surface area contributed by atoms with Crippen molar-refractivity contribution in [3.8, 4) is 12.0 Å². The van der Waals surface area contributed by atoms with Crippen molar-refractivity contribution in [2.45, 2.75) is 14.1 Å². The summed E-state index contributed by atoms with van der Waals surface area (Å²) in [6, 6.07) is -1.98. The van der Waals surface area contributed by atoms with Gasteiger partial charge in [0.1, 0.15) is 0 Å². The Morgan fingerprint density at radius 2 is 1.05 bits per heavy atom. The van der Waals surface area contributed by atoms with E-state index in [0.717, 1.165) is 0 Å². The van der Waals surface area contributed by atoms with Gasteiger partial charge < -0.3 is 9.47 Å². The van der Waals surface area contributed by atoms with Gasteiger partial charge in [-0.2, -0.15) is 23.1 Å². The van der Waals surface area contributed by atoms with Crippen LogP contribution in [0.2, 0.25) is 0 Å². The summed E-state index contributed by atoms with van der Waals surface area (Å²) < 4.78 is 41.7. The zero-order chi connectivity index (χ0) is 15.8. The van der Waals surface area contributed by atoms with Crippen LogP contribution in [0.3, 0.4) is 0 Å². The largest absolute Gasteiger partial charge is 0.451 e. The van der Waals surface area contributed by atoms with Crippen LogP contribution in [0, 0.1) is 0 Å². The van der Waals surface area contributed by atoms with Crippen LogP contribution in [0.1, 0.15) is 5.82 Å². The van der Waals surface area contributed by atoms with Crippen LogP contribution in [0.25, 0.3) is 0 Å². The van der Waals surface area contributed by atoms with Gasteiger partial charge in [-0.3, -0.25) is 0 Å². The highest BCUT2D eigenvalue weighted by Crippen LogP contribution is 2.34. The van der Waals surface area contributed by atoms with Crippen molar-refractivity contribution in [3.63, 3.8) is 0 Å². The molecule has 0 aliphatic heterocycles. The lowest BCUT2D eigenvalue weighted by atomic mass is 10.6. The van der Waals surface area contributed by atoms with Gasteiger partial charge in [-0.25, -0.2) is 0 Å². The Hall–Kier alpha value is 0.140. The van der Waals surface area contributed by atoms with Gasteiger partial charge in [-0.05, 0) is 69.6 Å². The summed E-state index contributed by atoms with van der Waals surface area (Å²) in [6.45, 7) is 0. The van der Waals surface area contributed by atoms with E-state index in [-0.39, 0.29) is 0 Å². The number of alkyl halides is 9. The summed E-state index contributed by atoms with van der Waals surface area (Å²) >= 11 is 31.4. The van der Waals surface area contributed by atoms with E-state index >= 15 is 0 Å². The molecular formula is C6Cl6F3N3O2. The summed E-state index contributed by atoms with van der Waals surface area (Å²) in [6.07, 6.45) is -4.96. The van der Waals surface area contributed by atoms with Crippen molar-refractivity contribution < 1.29 is 22.6 Å². The van der Waals surface area contributed by atoms with Crippen LogP contribution in [-0.2, 0) is 6.18 Å². The molecule has 0 bridgehead atoms.